The Balaban J connectivity index is 1.76. The fourth-order valence-electron chi connectivity index (χ4n) is 4.63. The van der Waals surface area contributed by atoms with Crippen molar-refractivity contribution in [3.63, 3.8) is 0 Å². The first-order valence-electron chi connectivity index (χ1n) is 9.24. The van der Waals surface area contributed by atoms with Crippen LogP contribution in [0.5, 0.6) is 0 Å². The van der Waals surface area contributed by atoms with Crippen LogP contribution in [0.4, 0.5) is 5.82 Å². The minimum atomic E-state index is 0.664. The predicted molar refractivity (Wildman–Crippen MR) is 91.7 cm³/mol. The Hall–Kier alpha value is -1.65. The summed E-state index contributed by atoms with van der Waals surface area (Å²) in [5, 5.41) is 4.45. The standard InChI is InChI=1S/C18H27N5/c1-3-6-14-11-17(23-18(21-14)19-12-20-23)22-10-9-13(2)15-7-4-5-8-16(15)22/h11-13,15-16H,3-10H2,1-2H3/t13-,15+,16+/m0/s1. The van der Waals surface area contributed by atoms with Gasteiger partial charge in [-0.2, -0.15) is 14.6 Å². The van der Waals surface area contributed by atoms with Crippen LogP contribution in [0.1, 0.15) is 58.1 Å². The van der Waals surface area contributed by atoms with Crippen molar-refractivity contribution in [2.75, 3.05) is 11.4 Å². The summed E-state index contributed by atoms with van der Waals surface area (Å²) in [7, 11) is 0. The Morgan fingerprint density at radius 1 is 1.22 bits per heavy atom. The Morgan fingerprint density at radius 2 is 2.09 bits per heavy atom. The van der Waals surface area contributed by atoms with Crippen molar-refractivity contribution in [1.82, 2.24) is 19.6 Å². The molecule has 0 unspecified atom stereocenters. The third kappa shape index (κ3) is 2.60. The Bertz CT molecular complexity index is 679. The molecule has 2 fully saturated rings. The fraction of sp³-hybridized carbons (Fsp3) is 0.722. The largest absolute Gasteiger partial charge is 0.353 e. The van der Waals surface area contributed by atoms with Crippen molar-refractivity contribution in [1.29, 1.82) is 0 Å². The quantitative estimate of drug-likeness (QED) is 0.870. The van der Waals surface area contributed by atoms with E-state index >= 15 is 0 Å². The van der Waals surface area contributed by atoms with Gasteiger partial charge in [0, 0.05) is 24.3 Å². The van der Waals surface area contributed by atoms with Crippen LogP contribution >= 0.6 is 0 Å². The zero-order valence-electron chi connectivity index (χ0n) is 14.3. The molecular weight excluding hydrogens is 286 g/mol. The van der Waals surface area contributed by atoms with Gasteiger partial charge in [0.2, 0.25) is 0 Å². The van der Waals surface area contributed by atoms with Crippen LogP contribution in [-0.4, -0.2) is 32.2 Å². The van der Waals surface area contributed by atoms with Crippen molar-refractivity contribution in [3.8, 4) is 0 Å². The molecule has 5 nitrogen and oxygen atoms in total. The van der Waals surface area contributed by atoms with Gasteiger partial charge in [0.25, 0.3) is 5.78 Å². The lowest BCUT2D eigenvalue weighted by Crippen LogP contribution is -2.50. The van der Waals surface area contributed by atoms with E-state index in [9.17, 15) is 0 Å². The molecule has 3 atom stereocenters. The van der Waals surface area contributed by atoms with Gasteiger partial charge in [-0.05, 0) is 37.5 Å². The number of aromatic nitrogens is 4. The highest BCUT2D eigenvalue weighted by atomic mass is 15.4. The summed E-state index contributed by atoms with van der Waals surface area (Å²) in [6, 6.07) is 2.92. The van der Waals surface area contributed by atoms with E-state index in [1.54, 1.807) is 6.33 Å². The second kappa shape index (κ2) is 6.10. The minimum absolute atomic E-state index is 0.664. The molecule has 5 heteroatoms. The monoisotopic (exact) mass is 313 g/mol. The summed E-state index contributed by atoms with van der Waals surface area (Å²) in [5.41, 5.74) is 1.15. The molecule has 0 bridgehead atoms. The van der Waals surface area contributed by atoms with Crippen LogP contribution in [0.25, 0.3) is 5.78 Å². The highest BCUT2D eigenvalue weighted by molar-refractivity contribution is 5.49. The van der Waals surface area contributed by atoms with Crippen LogP contribution in [0.15, 0.2) is 12.4 Å². The maximum absolute atomic E-state index is 4.66. The van der Waals surface area contributed by atoms with Crippen LogP contribution in [-0.2, 0) is 6.42 Å². The lowest BCUT2D eigenvalue weighted by Gasteiger charge is -2.48. The molecular formula is C18H27N5. The zero-order valence-corrected chi connectivity index (χ0v) is 14.3. The molecule has 2 aliphatic rings. The molecule has 0 N–H and O–H groups in total. The molecule has 1 aliphatic carbocycles. The molecule has 2 aromatic rings. The first kappa shape index (κ1) is 14.9. The van der Waals surface area contributed by atoms with Crippen LogP contribution in [0, 0.1) is 11.8 Å². The van der Waals surface area contributed by atoms with E-state index in [2.05, 4.69) is 39.9 Å². The number of hydrogen-bond acceptors (Lipinski definition) is 4. The van der Waals surface area contributed by atoms with Gasteiger partial charge in [0.1, 0.15) is 12.1 Å². The minimum Gasteiger partial charge on any atom is -0.353 e. The molecule has 124 valence electrons. The van der Waals surface area contributed by atoms with Gasteiger partial charge in [-0.1, -0.05) is 33.1 Å². The molecule has 0 aromatic carbocycles. The number of nitrogens with zero attached hydrogens (tertiary/aromatic N) is 5. The van der Waals surface area contributed by atoms with Gasteiger partial charge >= 0.3 is 0 Å². The SMILES string of the molecule is CCCc1cc(N2CC[C@H](C)[C@H]3CCCC[C@H]32)n2ncnc2n1. The van der Waals surface area contributed by atoms with E-state index in [0.717, 1.165) is 42.7 Å². The molecule has 0 spiro atoms. The van der Waals surface area contributed by atoms with Crippen molar-refractivity contribution in [2.45, 2.75) is 64.8 Å². The van der Waals surface area contributed by atoms with E-state index in [1.807, 2.05) is 4.52 Å². The molecule has 1 saturated heterocycles. The smallest absolute Gasteiger partial charge is 0.254 e. The van der Waals surface area contributed by atoms with Gasteiger partial charge in [-0.3, -0.25) is 0 Å². The average Bonchev–Trinajstić information content (AvgIpc) is 3.04. The summed E-state index contributed by atoms with van der Waals surface area (Å²) >= 11 is 0. The molecule has 3 heterocycles. The van der Waals surface area contributed by atoms with Gasteiger partial charge in [0.05, 0.1) is 0 Å². The number of hydrogen-bond donors (Lipinski definition) is 0. The second-order valence-corrected chi connectivity index (χ2v) is 7.30. The molecule has 23 heavy (non-hydrogen) atoms. The van der Waals surface area contributed by atoms with E-state index in [-0.39, 0.29) is 0 Å². The van der Waals surface area contributed by atoms with Crippen molar-refractivity contribution in [3.05, 3.63) is 18.1 Å². The normalized spacial score (nSPS) is 28.1. The average molecular weight is 313 g/mol. The molecule has 4 rings (SSSR count). The summed E-state index contributed by atoms with van der Waals surface area (Å²) < 4.78 is 1.95. The molecule has 0 amide bonds. The molecule has 1 saturated carbocycles. The number of fused-ring (bicyclic) bond motifs is 2. The molecule has 0 radical (unpaired) electrons. The summed E-state index contributed by atoms with van der Waals surface area (Å²) in [5.74, 6) is 3.63. The van der Waals surface area contributed by atoms with E-state index in [0.29, 0.717) is 6.04 Å². The van der Waals surface area contributed by atoms with Crippen LogP contribution < -0.4 is 4.90 Å². The summed E-state index contributed by atoms with van der Waals surface area (Å²) in [6.07, 6.45) is 10.5. The number of rotatable bonds is 3. The third-order valence-electron chi connectivity index (χ3n) is 5.82. The van der Waals surface area contributed by atoms with Gasteiger partial charge in [-0.15, -0.1) is 0 Å². The summed E-state index contributed by atoms with van der Waals surface area (Å²) in [4.78, 5) is 11.6. The Morgan fingerprint density at radius 3 is 2.96 bits per heavy atom. The van der Waals surface area contributed by atoms with Crippen molar-refractivity contribution >= 4 is 11.6 Å². The van der Waals surface area contributed by atoms with Crippen molar-refractivity contribution in [2.24, 2.45) is 11.8 Å². The van der Waals surface area contributed by atoms with E-state index in [1.165, 1.54) is 37.9 Å². The Labute approximate surface area is 138 Å². The van der Waals surface area contributed by atoms with Gasteiger partial charge in [0.15, 0.2) is 0 Å². The van der Waals surface area contributed by atoms with Gasteiger partial charge in [-0.25, -0.2) is 4.98 Å². The van der Waals surface area contributed by atoms with Crippen LogP contribution in [0.3, 0.4) is 0 Å². The zero-order chi connectivity index (χ0) is 15.8. The maximum atomic E-state index is 4.66. The maximum Gasteiger partial charge on any atom is 0.254 e. The summed E-state index contributed by atoms with van der Waals surface area (Å²) in [6.45, 7) is 5.78. The third-order valence-corrected chi connectivity index (χ3v) is 5.82. The number of anilines is 1. The lowest BCUT2D eigenvalue weighted by molar-refractivity contribution is 0.176. The fourth-order valence-corrected chi connectivity index (χ4v) is 4.63. The first-order valence-corrected chi connectivity index (χ1v) is 9.24. The molecule has 2 aromatic heterocycles. The topological polar surface area (TPSA) is 46.3 Å². The second-order valence-electron chi connectivity index (χ2n) is 7.30. The van der Waals surface area contributed by atoms with Gasteiger partial charge < -0.3 is 4.90 Å². The number of piperidine rings is 1. The molecule has 1 aliphatic heterocycles. The highest BCUT2D eigenvalue weighted by Crippen LogP contribution is 2.40. The van der Waals surface area contributed by atoms with E-state index < -0.39 is 0 Å². The highest BCUT2D eigenvalue weighted by Gasteiger charge is 2.38. The van der Waals surface area contributed by atoms with E-state index in [4.69, 9.17) is 0 Å². The first-order chi connectivity index (χ1) is 11.3. The van der Waals surface area contributed by atoms with Crippen molar-refractivity contribution < 1.29 is 0 Å². The predicted octanol–water partition coefficient (Wildman–Crippen LogP) is 3.48. The number of aryl methyl sites for hydroxylation is 1. The lowest BCUT2D eigenvalue weighted by atomic mass is 9.72. The van der Waals surface area contributed by atoms with Crippen LogP contribution in [0.2, 0.25) is 0 Å². The Kier molecular flexibility index (Phi) is 3.95.